The minimum atomic E-state index is 0.795. The van der Waals surface area contributed by atoms with Crippen LogP contribution in [0.2, 0.25) is 0 Å². The quantitative estimate of drug-likeness (QED) is 0.585. The fourth-order valence-electron chi connectivity index (χ4n) is 1.71. The second kappa shape index (κ2) is 6.41. The Morgan fingerprint density at radius 1 is 1.06 bits per heavy atom. The number of aryl methyl sites for hydroxylation is 2. The fourth-order valence-corrected chi connectivity index (χ4v) is 1.71. The number of nitrogen functional groups attached to an aromatic ring is 1. The summed E-state index contributed by atoms with van der Waals surface area (Å²) < 4.78 is 5.74. The zero-order valence-electron chi connectivity index (χ0n) is 10.7. The van der Waals surface area contributed by atoms with Gasteiger partial charge in [-0.25, -0.2) is 0 Å². The van der Waals surface area contributed by atoms with Crippen molar-refractivity contribution in [3.05, 3.63) is 23.3 Å². The summed E-state index contributed by atoms with van der Waals surface area (Å²) in [4.78, 5) is 0. The van der Waals surface area contributed by atoms with Crippen molar-refractivity contribution in [2.24, 2.45) is 0 Å². The summed E-state index contributed by atoms with van der Waals surface area (Å²) >= 11 is 0. The van der Waals surface area contributed by atoms with E-state index in [2.05, 4.69) is 19.9 Å². The van der Waals surface area contributed by atoms with Gasteiger partial charge in [0.1, 0.15) is 5.75 Å². The van der Waals surface area contributed by atoms with Gasteiger partial charge in [0.15, 0.2) is 0 Å². The largest absolute Gasteiger partial charge is 0.493 e. The number of anilines is 1. The van der Waals surface area contributed by atoms with E-state index in [-0.39, 0.29) is 0 Å². The minimum Gasteiger partial charge on any atom is -0.493 e. The lowest BCUT2D eigenvalue weighted by molar-refractivity contribution is 0.303. The van der Waals surface area contributed by atoms with Gasteiger partial charge in [0.05, 0.1) is 6.61 Å². The molecule has 0 unspecified atom stereocenters. The third kappa shape index (κ3) is 3.76. The van der Waals surface area contributed by atoms with Crippen molar-refractivity contribution in [1.29, 1.82) is 0 Å². The third-order valence-corrected chi connectivity index (χ3v) is 2.82. The Kier molecular flexibility index (Phi) is 5.17. The number of nitrogens with two attached hydrogens (primary N) is 1. The third-order valence-electron chi connectivity index (χ3n) is 2.82. The molecule has 0 aromatic heterocycles. The predicted octanol–water partition coefficient (Wildman–Crippen LogP) is 3.84. The predicted molar refractivity (Wildman–Crippen MR) is 70.0 cm³/mol. The maximum atomic E-state index is 5.86. The van der Waals surface area contributed by atoms with Gasteiger partial charge in [-0.1, -0.05) is 32.3 Å². The van der Waals surface area contributed by atoms with Crippen LogP contribution in [0.1, 0.15) is 43.7 Å². The summed E-state index contributed by atoms with van der Waals surface area (Å²) in [5, 5.41) is 0. The molecule has 16 heavy (non-hydrogen) atoms. The molecular weight excluding hydrogens is 198 g/mol. The van der Waals surface area contributed by atoms with E-state index in [0.717, 1.165) is 30.0 Å². The van der Waals surface area contributed by atoms with Crippen molar-refractivity contribution >= 4 is 5.69 Å². The summed E-state index contributed by atoms with van der Waals surface area (Å²) in [5.74, 6) is 0.930. The van der Waals surface area contributed by atoms with Crippen LogP contribution >= 0.6 is 0 Å². The molecule has 2 heteroatoms. The van der Waals surface area contributed by atoms with E-state index in [1.807, 2.05) is 13.0 Å². The summed E-state index contributed by atoms with van der Waals surface area (Å²) in [6.07, 6.45) is 4.92. The summed E-state index contributed by atoms with van der Waals surface area (Å²) in [5.41, 5.74) is 8.97. The van der Waals surface area contributed by atoms with Gasteiger partial charge in [0.2, 0.25) is 0 Å². The van der Waals surface area contributed by atoms with E-state index < -0.39 is 0 Å². The number of ether oxygens (including phenoxy) is 1. The van der Waals surface area contributed by atoms with Crippen molar-refractivity contribution in [3.63, 3.8) is 0 Å². The summed E-state index contributed by atoms with van der Waals surface area (Å²) in [7, 11) is 0. The first-order valence-corrected chi connectivity index (χ1v) is 6.14. The molecule has 0 spiro atoms. The number of hydrogen-bond donors (Lipinski definition) is 1. The van der Waals surface area contributed by atoms with Gasteiger partial charge < -0.3 is 10.5 Å². The highest BCUT2D eigenvalue weighted by Crippen LogP contribution is 2.24. The monoisotopic (exact) mass is 221 g/mol. The van der Waals surface area contributed by atoms with Gasteiger partial charge >= 0.3 is 0 Å². The zero-order chi connectivity index (χ0) is 12.0. The van der Waals surface area contributed by atoms with E-state index in [9.17, 15) is 0 Å². The SMILES string of the molecule is CCCCCCOc1cc(N)c(C)cc1C. The minimum absolute atomic E-state index is 0.795. The van der Waals surface area contributed by atoms with Crippen molar-refractivity contribution in [2.75, 3.05) is 12.3 Å². The van der Waals surface area contributed by atoms with Crippen molar-refractivity contribution in [3.8, 4) is 5.75 Å². The molecule has 0 aliphatic heterocycles. The molecular formula is C14H23NO. The standard InChI is InChI=1S/C14H23NO/c1-4-5-6-7-8-16-14-10-13(15)11(2)9-12(14)3/h9-10H,4-8,15H2,1-3H3. The molecule has 0 fully saturated rings. The fraction of sp³-hybridized carbons (Fsp3) is 0.571. The van der Waals surface area contributed by atoms with E-state index in [1.54, 1.807) is 0 Å². The number of unbranched alkanes of at least 4 members (excludes halogenated alkanes) is 3. The van der Waals surface area contributed by atoms with Crippen LogP contribution in [0.25, 0.3) is 0 Å². The van der Waals surface area contributed by atoms with E-state index in [4.69, 9.17) is 10.5 Å². The number of rotatable bonds is 6. The van der Waals surface area contributed by atoms with Crippen molar-refractivity contribution < 1.29 is 4.74 Å². The van der Waals surface area contributed by atoms with Crippen LogP contribution in [0.4, 0.5) is 5.69 Å². The second-order valence-electron chi connectivity index (χ2n) is 4.38. The Bertz CT molecular complexity index is 334. The molecule has 0 atom stereocenters. The van der Waals surface area contributed by atoms with Crippen LogP contribution in [0, 0.1) is 13.8 Å². The average molecular weight is 221 g/mol. The first kappa shape index (κ1) is 12.9. The Morgan fingerprint density at radius 2 is 1.81 bits per heavy atom. The average Bonchev–Trinajstić information content (AvgIpc) is 2.25. The molecule has 0 heterocycles. The topological polar surface area (TPSA) is 35.2 Å². The van der Waals surface area contributed by atoms with Gasteiger partial charge in [-0.3, -0.25) is 0 Å². The molecule has 1 aromatic rings. The highest BCUT2D eigenvalue weighted by molar-refractivity contribution is 5.54. The molecule has 0 amide bonds. The Morgan fingerprint density at radius 3 is 2.50 bits per heavy atom. The maximum absolute atomic E-state index is 5.86. The molecule has 1 aromatic carbocycles. The van der Waals surface area contributed by atoms with Gasteiger partial charge in [-0.05, 0) is 31.4 Å². The molecule has 0 saturated heterocycles. The van der Waals surface area contributed by atoms with Crippen molar-refractivity contribution in [2.45, 2.75) is 46.5 Å². The summed E-state index contributed by atoms with van der Waals surface area (Å²) in [6, 6.07) is 4.02. The molecule has 0 bridgehead atoms. The van der Waals surface area contributed by atoms with E-state index >= 15 is 0 Å². The zero-order valence-corrected chi connectivity index (χ0v) is 10.7. The molecule has 2 N–H and O–H groups in total. The lowest BCUT2D eigenvalue weighted by Gasteiger charge is -2.11. The highest BCUT2D eigenvalue weighted by Gasteiger charge is 2.02. The van der Waals surface area contributed by atoms with Crippen LogP contribution in [0.3, 0.4) is 0 Å². The molecule has 1 rings (SSSR count). The van der Waals surface area contributed by atoms with Crippen LogP contribution in [0.15, 0.2) is 12.1 Å². The normalized spacial score (nSPS) is 10.4. The second-order valence-corrected chi connectivity index (χ2v) is 4.38. The number of benzene rings is 1. The molecule has 2 nitrogen and oxygen atoms in total. The molecule has 0 radical (unpaired) electrons. The lowest BCUT2D eigenvalue weighted by Crippen LogP contribution is -2.00. The molecule has 90 valence electrons. The van der Waals surface area contributed by atoms with Crippen LogP contribution in [-0.4, -0.2) is 6.61 Å². The van der Waals surface area contributed by atoms with Crippen LogP contribution < -0.4 is 10.5 Å². The van der Waals surface area contributed by atoms with Gasteiger partial charge in [-0.2, -0.15) is 0 Å². The highest BCUT2D eigenvalue weighted by atomic mass is 16.5. The van der Waals surface area contributed by atoms with Gasteiger partial charge in [0, 0.05) is 11.8 Å². The van der Waals surface area contributed by atoms with Crippen LogP contribution in [0.5, 0.6) is 5.75 Å². The number of hydrogen-bond acceptors (Lipinski definition) is 2. The molecule has 0 aliphatic carbocycles. The van der Waals surface area contributed by atoms with Gasteiger partial charge in [-0.15, -0.1) is 0 Å². The Labute approximate surface area is 98.8 Å². The smallest absolute Gasteiger partial charge is 0.124 e. The molecule has 0 saturated carbocycles. The van der Waals surface area contributed by atoms with Gasteiger partial charge in [0.25, 0.3) is 0 Å². The maximum Gasteiger partial charge on any atom is 0.124 e. The lowest BCUT2D eigenvalue weighted by atomic mass is 10.1. The Hall–Kier alpha value is -1.18. The Balaban J connectivity index is 2.45. The van der Waals surface area contributed by atoms with E-state index in [1.165, 1.54) is 24.8 Å². The first-order valence-electron chi connectivity index (χ1n) is 6.14. The van der Waals surface area contributed by atoms with Crippen molar-refractivity contribution in [1.82, 2.24) is 0 Å². The summed E-state index contributed by atoms with van der Waals surface area (Å²) in [6.45, 7) is 7.09. The van der Waals surface area contributed by atoms with E-state index in [0.29, 0.717) is 0 Å². The molecule has 0 aliphatic rings. The first-order chi connectivity index (χ1) is 7.65. The van der Waals surface area contributed by atoms with Crippen LogP contribution in [-0.2, 0) is 0 Å².